The summed E-state index contributed by atoms with van der Waals surface area (Å²) in [6, 6.07) is 6.51. The molecule has 2 rings (SSSR count). The van der Waals surface area contributed by atoms with Crippen LogP contribution < -0.4 is 4.74 Å². The lowest BCUT2D eigenvalue weighted by atomic mass is 10.0. The molecule has 0 spiro atoms. The second kappa shape index (κ2) is 5.35. The fourth-order valence-electron chi connectivity index (χ4n) is 2.27. The number of hydrogen-bond acceptors (Lipinski definition) is 2. The Morgan fingerprint density at radius 1 is 1.31 bits per heavy atom. The van der Waals surface area contributed by atoms with Crippen LogP contribution >= 0.6 is 0 Å². The van der Waals surface area contributed by atoms with Crippen LogP contribution in [0, 0.1) is 0 Å². The van der Waals surface area contributed by atoms with Crippen LogP contribution in [0.3, 0.4) is 0 Å². The largest absolute Gasteiger partial charge is 0.493 e. The van der Waals surface area contributed by atoms with Gasteiger partial charge < -0.3 is 9.47 Å². The molecule has 0 N–H and O–H groups in total. The quantitative estimate of drug-likeness (QED) is 0.710. The topological polar surface area (TPSA) is 18.5 Å². The van der Waals surface area contributed by atoms with Gasteiger partial charge in [0.2, 0.25) is 0 Å². The standard InChI is InChI=1S/C14H20O2/c1-11-4-5-12-6-7-13(10-14(11)12)16-9-3-8-15-2/h6-7,10-11H,3-5,8-9H2,1-2H3. The van der Waals surface area contributed by atoms with Crippen molar-refractivity contribution in [3.63, 3.8) is 0 Å². The van der Waals surface area contributed by atoms with Crippen LogP contribution in [-0.2, 0) is 11.2 Å². The van der Waals surface area contributed by atoms with E-state index in [-0.39, 0.29) is 0 Å². The van der Waals surface area contributed by atoms with Gasteiger partial charge >= 0.3 is 0 Å². The zero-order valence-corrected chi connectivity index (χ0v) is 10.2. The molecule has 0 heterocycles. The molecular formula is C14H20O2. The minimum absolute atomic E-state index is 0.692. The van der Waals surface area contributed by atoms with Gasteiger partial charge in [0.25, 0.3) is 0 Å². The maximum absolute atomic E-state index is 5.70. The molecule has 0 amide bonds. The second-order valence-corrected chi connectivity index (χ2v) is 4.50. The van der Waals surface area contributed by atoms with Gasteiger partial charge in [0.05, 0.1) is 6.61 Å². The Morgan fingerprint density at radius 2 is 2.19 bits per heavy atom. The number of methoxy groups -OCH3 is 1. The summed E-state index contributed by atoms with van der Waals surface area (Å²) in [7, 11) is 1.72. The summed E-state index contributed by atoms with van der Waals surface area (Å²) in [5.74, 6) is 1.70. The monoisotopic (exact) mass is 220 g/mol. The summed E-state index contributed by atoms with van der Waals surface area (Å²) in [4.78, 5) is 0. The predicted molar refractivity (Wildman–Crippen MR) is 65.2 cm³/mol. The molecule has 1 aromatic carbocycles. The molecule has 2 nitrogen and oxygen atoms in total. The molecule has 0 aliphatic heterocycles. The van der Waals surface area contributed by atoms with Gasteiger partial charge in [0.15, 0.2) is 0 Å². The lowest BCUT2D eigenvalue weighted by Crippen LogP contribution is -2.01. The van der Waals surface area contributed by atoms with Crippen molar-refractivity contribution in [1.29, 1.82) is 0 Å². The number of benzene rings is 1. The van der Waals surface area contributed by atoms with Crippen molar-refractivity contribution in [2.45, 2.75) is 32.1 Å². The first-order chi connectivity index (χ1) is 7.81. The Balaban J connectivity index is 1.93. The minimum atomic E-state index is 0.692. The highest BCUT2D eigenvalue weighted by molar-refractivity contribution is 5.40. The molecule has 0 radical (unpaired) electrons. The minimum Gasteiger partial charge on any atom is -0.493 e. The van der Waals surface area contributed by atoms with E-state index in [1.54, 1.807) is 7.11 Å². The van der Waals surface area contributed by atoms with E-state index >= 15 is 0 Å². The zero-order valence-electron chi connectivity index (χ0n) is 10.2. The van der Waals surface area contributed by atoms with E-state index in [0.717, 1.165) is 25.4 Å². The van der Waals surface area contributed by atoms with E-state index < -0.39 is 0 Å². The second-order valence-electron chi connectivity index (χ2n) is 4.50. The van der Waals surface area contributed by atoms with Gasteiger partial charge in [-0.3, -0.25) is 0 Å². The van der Waals surface area contributed by atoms with E-state index in [1.165, 1.54) is 24.0 Å². The van der Waals surface area contributed by atoms with Crippen molar-refractivity contribution in [3.8, 4) is 5.75 Å². The maximum Gasteiger partial charge on any atom is 0.119 e. The van der Waals surface area contributed by atoms with Gasteiger partial charge in [-0.15, -0.1) is 0 Å². The van der Waals surface area contributed by atoms with Crippen molar-refractivity contribution < 1.29 is 9.47 Å². The highest BCUT2D eigenvalue weighted by Crippen LogP contribution is 2.34. The summed E-state index contributed by atoms with van der Waals surface area (Å²) < 4.78 is 10.7. The van der Waals surface area contributed by atoms with E-state index in [1.807, 2.05) is 0 Å². The lowest BCUT2D eigenvalue weighted by Gasteiger charge is -2.09. The fourth-order valence-corrected chi connectivity index (χ4v) is 2.27. The highest BCUT2D eigenvalue weighted by atomic mass is 16.5. The van der Waals surface area contributed by atoms with Crippen LogP contribution in [0.25, 0.3) is 0 Å². The van der Waals surface area contributed by atoms with Gasteiger partial charge in [0, 0.05) is 20.1 Å². The van der Waals surface area contributed by atoms with Crippen molar-refractivity contribution in [2.75, 3.05) is 20.3 Å². The van der Waals surface area contributed by atoms with E-state index in [4.69, 9.17) is 9.47 Å². The highest BCUT2D eigenvalue weighted by Gasteiger charge is 2.18. The summed E-state index contributed by atoms with van der Waals surface area (Å²) in [6.07, 6.45) is 3.45. The molecular weight excluding hydrogens is 200 g/mol. The third-order valence-corrected chi connectivity index (χ3v) is 3.26. The average Bonchev–Trinajstić information content (AvgIpc) is 2.67. The Bertz CT molecular complexity index is 347. The van der Waals surface area contributed by atoms with Gasteiger partial charge in [0.1, 0.15) is 5.75 Å². The Labute approximate surface area is 97.6 Å². The first-order valence-corrected chi connectivity index (χ1v) is 6.06. The molecule has 0 saturated carbocycles. The van der Waals surface area contributed by atoms with Gasteiger partial charge in [-0.05, 0) is 42.0 Å². The Kier molecular flexibility index (Phi) is 3.83. The van der Waals surface area contributed by atoms with E-state index in [0.29, 0.717) is 5.92 Å². The third-order valence-electron chi connectivity index (χ3n) is 3.26. The molecule has 1 atom stereocenters. The lowest BCUT2D eigenvalue weighted by molar-refractivity contribution is 0.172. The molecule has 88 valence electrons. The molecule has 1 aromatic rings. The molecule has 2 heteroatoms. The SMILES string of the molecule is COCCCOc1ccc2c(c1)C(C)CC2. The number of fused-ring (bicyclic) bond motifs is 1. The van der Waals surface area contributed by atoms with Crippen molar-refractivity contribution in [2.24, 2.45) is 0 Å². The van der Waals surface area contributed by atoms with Crippen LogP contribution in [-0.4, -0.2) is 20.3 Å². The first-order valence-electron chi connectivity index (χ1n) is 6.06. The summed E-state index contributed by atoms with van der Waals surface area (Å²) >= 11 is 0. The normalized spacial score (nSPS) is 18.5. The molecule has 0 bridgehead atoms. The molecule has 1 aliphatic carbocycles. The number of aryl methyl sites for hydroxylation is 1. The van der Waals surface area contributed by atoms with Crippen molar-refractivity contribution in [1.82, 2.24) is 0 Å². The summed E-state index contributed by atoms with van der Waals surface area (Å²) in [5, 5.41) is 0. The van der Waals surface area contributed by atoms with E-state index in [2.05, 4.69) is 25.1 Å². The van der Waals surface area contributed by atoms with Gasteiger partial charge in [-0.2, -0.15) is 0 Å². The molecule has 1 unspecified atom stereocenters. The van der Waals surface area contributed by atoms with Crippen molar-refractivity contribution >= 4 is 0 Å². The number of hydrogen-bond donors (Lipinski definition) is 0. The fraction of sp³-hybridized carbons (Fsp3) is 0.571. The van der Waals surface area contributed by atoms with Crippen LogP contribution in [0.1, 0.15) is 36.8 Å². The molecule has 0 saturated heterocycles. The number of rotatable bonds is 5. The van der Waals surface area contributed by atoms with E-state index in [9.17, 15) is 0 Å². The van der Waals surface area contributed by atoms with Crippen LogP contribution in [0.5, 0.6) is 5.75 Å². The predicted octanol–water partition coefficient (Wildman–Crippen LogP) is 3.15. The van der Waals surface area contributed by atoms with Gasteiger partial charge in [-0.25, -0.2) is 0 Å². The average molecular weight is 220 g/mol. The summed E-state index contributed by atoms with van der Waals surface area (Å²) in [5.41, 5.74) is 2.97. The van der Waals surface area contributed by atoms with Crippen LogP contribution in [0.2, 0.25) is 0 Å². The maximum atomic E-state index is 5.70. The zero-order chi connectivity index (χ0) is 11.4. The third kappa shape index (κ3) is 2.56. The molecule has 0 fully saturated rings. The Hall–Kier alpha value is -1.02. The van der Waals surface area contributed by atoms with Crippen molar-refractivity contribution in [3.05, 3.63) is 29.3 Å². The molecule has 0 aromatic heterocycles. The Morgan fingerprint density at radius 3 is 3.00 bits per heavy atom. The summed E-state index contributed by atoms with van der Waals surface area (Å²) in [6.45, 7) is 3.79. The molecule has 1 aliphatic rings. The molecule has 16 heavy (non-hydrogen) atoms. The number of ether oxygens (including phenoxy) is 2. The first kappa shape index (κ1) is 11.5. The van der Waals surface area contributed by atoms with Crippen LogP contribution in [0.4, 0.5) is 0 Å². The van der Waals surface area contributed by atoms with Crippen LogP contribution in [0.15, 0.2) is 18.2 Å². The smallest absolute Gasteiger partial charge is 0.119 e. The van der Waals surface area contributed by atoms with Gasteiger partial charge in [-0.1, -0.05) is 13.0 Å².